The van der Waals surface area contributed by atoms with Gasteiger partial charge in [-0.3, -0.25) is 0 Å². The fourth-order valence-electron chi connectivity index (χ4n) is 1.84. The monoisotopic (exact) mass is 259 g/mol. The third kappa shape index (κ3) is 3.26. The van der Waals surface area contributed by atoms with Crippen LogP contribution in [-0.4, -0.2) is 19.4 Å². The molecular formula is C12H18FNO2S. The van der Waals surface area contributed by atoms with Crippen molar-refractivity contribution in [2.45, 2.75) is 31.6 Å². The quantitative estimate of drug-likeness (QED) is 0.880. The van der Waals surface area contributed by atoms with Crippen LogP contribution in [0.1, 0.15) is 31.9 Å². The fraction of sp³-hybridized carbons (Fsp3) is 0.500. The van der Waals surface area contributed by atoms with Crippen LogP contribution in [0.5, 0.6) is 0 Å². The molecule has 0 amide bonds. The molecule has 0 radical (unpaired) electrons. The summed E-state index contributed by atoms with van der Waals surface area (Å²) >= 11 is 0. The van der Waals surface area contributed by atoms with E-state index in [4.69, 9.17) is 5.73 Å². The van der Waals surface area contributed by atoms with Crippen LogP contribution in [0.4, 0.5) is 4.39 Å². The SMILES string of the molecule is CCC(C(N)c1ccc(F)cc1)S(=O)(=O)CC. The molecule has 0 saturated heterocycles. The second-order valence-corrected chi connectivity index (χ2v) is 6.48. The van der Waals surface area contributed by atoms with Crippen molar-refractivity contribution in [3.8, 4) is 0 Å². The van der Waals surface area contributed by atoms with Gasteiger partial charge in [0.2, 0.25) is 0 Å². The molecule has 2 atom stereocenters. The van der Waals surface area contributed by atoms with Gasteiger partial charge in [-0.15, -0.1) is 0 Å². The van der Waals surface area contributed by atoms with E-state index in [1.807, 2.05) is 0 Å². The number of halogens is 1. The molecule has 0 heterocycles. The minimum absolute atomic E-state index is 0.0698. The summed E-state index contributed by atoms with van der Waals surface area (Å²) in [5.74, 6) is -0.284. The lowest BCUT2D eigenvalue weighted by molar-refractivity contribution is 0.548. The van der Waals surface area contributed by atoms with Crippen molar-refractivity contribution < 1.29 is 12.8 Å². The van der Waals surface area contributed by atoms with E-state index in [1.165, 1.54) is 24.3 Å². The first-order valence-corrected chi connectivity index (χ1v) is 7.36. The Morgan fingerprint density at radius 1 is 1.24 bits per heavy atom. The van der Waals surface area contributed by atoms with Gasteiger partial charge in [-0.2, -0.15) is 0 Å². The molecule has 96 valence electrons. The van der Waals surface area contributed by atoms with Gasteiger partial charge in [0.05, 0.1) is 5.25 Å². The third-order valence-corrected chi connectivity index (χ3v) is 5.28. The van der Waals surface area contributed by atoms with Gasteiger partial charge in [-0.1, -0.05) is 26.0 Å². The van der Waals surface area contributed by atoms with E-state index in [0.717, 1.165) is 0 Å². The van der Waals surface area contributed by atoms with Crippen molar-refractivity contribution in [1.82, 2.24) is 0 Å². The Bertz CT molecular complexity index is 456. The highest BCUT2D eigenvalue weighted by Gasteiger charge is 2.29. The Morgan fingerprint density at radius 2 is 1.76 bits per heavy atom. The van der Waals surface area contributed by atoms with Gasteiger partial charge in [0, 0.05) is 11.8 Å². The van der Waals surface area contributed by atoms with Crippen LogP contribution >= 0.6 is 0 Å². The van der Waals surface area contributed by atoms with Crippen LogP contribution < -0.4 is 5.73 Å². The highest BCUT2D eigenvalue weighted by Crippen LogP contribution is 2.23. The molecule has 0 aliphatic carbocycles. The number of rotatable bonds is 5. The maximum absolute atomic E-state index is 12.8. The Morgan fingerprint density at radius 3 is 2.18 bits per heavy atom. The molecule has 1 aromatic carbocycles. The number of sulfone groups is 1. The molecule has 0 aliphatic heterocycles. The van der Waals surface area contributed by atoms with Crippen molar-refractivity contribution in [2.24, 2.45) is 5.73 Å². The normalized spacial score (nSPS) is 15.5. The first-order valence-electron chi connectivity index (χ1n) is 5.65. The van der Waals surface area contributed by atoms with E-state index in [-0.39, 0.29) is 11.6 Å². The van der Waals surface area contributed by atoms with Crippen molar-refractivity contribution in [1.29, 1.82) is 0 Å². The Hall–Kier alpha value is -0.940. The maximum atomic E-state index is 12.8. The lowest BCUT2D eigenvalue weighted by Crippen LogP contribution is -2.34. The van der Waals surface area contributed by atoms with E-state index in [0.29, 0.717) is 12.0 Å². The van der Waals surface area contributed by atoms with Crippen molar-refractivity contribution in [3.05, 3.63) is 35.6 Å². The fourth-order valence-corrected chi connectivity index (χ4v) is 3.38. The van der Waals surface area contributed by atoms with E-state index in [1.54, 1.807) is 13.8 Å². The smallest absolute Gasteiger partial charge is 0.154 e. The molecule has 3 nitrogen and oxygen atoms in total. The highest BCUT2D eigenvalue weighted by molar-refractivity contribution is 7.92. The number of hydrogen-bond acceptors (Lipinski definition) is 3. The molecular weight excluding hydrogens is 241 g/mol. The summed E-state index contributed by atoms with van der Waals surface area (Å²) in [7, 11) is -3.19. The first kappa shape index (κ1) is 14.1. The number of benzene rings is 1. The van der Waals surface area contributed by atoms with Gasteiger partial charge in [-0.05, 0) is 24.1 Å². The maximum Gasteiger partial charge on any atom is 0.154 e. The van der Waals surface area contributed by atoms with Gasteiger partial charge in [0.25, 0.3) is 0 Å². The zero-order valence-electron chi connectivity index (χ0n) is 10.1. The summed E-state index contributed by atoms with van der Waals surface area (Å²) in [6, 6.07) is 5.05. The van der Waals surface area contributed by atoms with Crippen molar-refractivity contribution >= 4 is 9.84 Å². The van der Waals surface area contributed by atoms with Crippen LogP contribution in [0.25, 0.3) is 0 Å². The van der Waals surface area contributed by atoms with Crippen molar-refractivity contribution in [3.63, 3.8) is 0 Å². The van der Waals surface area contributed by atoms with Crippen LogP contribution in [0.3, 0.4) is 0 Å². The first-order chi connectivity index (χ1) is 7.92. The summed E-state index contributed by atoms with van der Waals surface area (Å²) in [4.78, 5) is 0. The van der Waals surface area contributed by atoms with E-state index < -0.39 is 21.1 Å². The lowest BCUT2D eigenvalue weighted by atomic mass is 10.0. The molecule has 0 spiro atoms. The van der Waals surface area contributed by atoms with E-state index >= 15 is 0 Å². The van der Waals surface area contributed by atoms with Crippen molar-refractivity contribution in [2.75, 3.05) is 5.75 Å². The predicted molar refractivity (Wildman–Crippen MR) is 66.9 cm³/mol. The summed E-state index contributed by atoms with van der Waals surface area (Å²) in [5, 5.41) is -0.613. The molecule has 0 fully saturated rings. The highest BCUT2D eigenvalue weighted by atomic mass is 32.2. The summed E-state index contributed by atoms with van der Waals surface area (Å²) < 4.78 is 36.5. The Labute approximate surface area is 102 Å². The Kier molecular flexibility index (Phi) is 4.65. The van der Waals surface area contributed by atoms with Crippen LogP contribution in [0.15, 0.2) is 24.3 Å². The van der Waals surface area contributed by atoms with Gasteiger partial charge in [-0.25, -0.2) is 12.8 Å². The second kappa shape index (κ2) is 5.60. The molecule has 0 aliphatic rings. The number of hydrogen-bond donors (Lipinski definition) is 1. The van der Waals surface area contributed by atoms with E-state index in [2.05, 4.69) is 0 Å². The van der Waals surface area contributed by atoms with Crippen LogP contribution in [0.2, 0.25) is 0 Å². The summed E-state index contributed by atoms with van der Waals surface area (Å²) in [6.07, 6.45) is 0.453. The summed E-state index contributed by atoms with van der Waals surface area (Å²) in [5.41, 5.74) is 6.61. The zero-order valence-corrected chi connectivity index (χ0v) is 10.9. The largest absolute Gasteiger partial charge is 0.323 e. The average Bonchev–Trinajstić information content (AvgIpc) is 2.30. The topological polar surface area (TPSA) is 60.2 Å². The minimum atomic E-state index is -3.19. The average molecular weight is 259 g/mol. The van der Waals surface area contributed by atoms with Crippen LogP contribution in [0, 0.1) is 5.82 Å². The lowest BCUT2D eigenvalue weighted by Gasteiger charge is -2.22. The minimum Gasteiger partial charge on any atom is -0.323 e. The van der Waals surface area contributed by atoms with Crippen LogP contribution in [-0.2, 0) is 9.84 Å². The van der Waals surface area contributed by atoms with E-state index in [9.17, 15) is 12.8 Å². The molecule has 2 N–H and O–H groups in total. The van der Waals surface area contributed by atoms with Gasteiger partial charge >= 0.3 is 0 Å². The van der Waals surface area contributed by atoms with Gasteiger partial charge in [0.1, 0.15) is 5.82 Å². The zero-order chi connectivity index (χ0) is 13.1. The second-order valence-electron chi connectivity index (χ2n) is 3.98. The third-order valence-electron chi connectivity index (χ3n) is 2.92. The van der Waals surface area contributed by atoms with Gasteiger partial charge in [0.15, 0.2) is 9.84 Å². The molecule has 1 rings (SSSR count). The van der Waals surface area contributed by atoms with Gasteiger partial charge < -0.3 is 5.73 Å². The standard InChI is InChI=1S/C12H18FNO2S/c1-3-11(17(15,16)4-2)12(14)9-5-7-10(13)8-6-9/h5-8,11-12H,3-4,14H2,1-2H3. The molecule has 2 unspecified atom stereocenters. The Balaban J connectivity index is 3.02. The molecule has 0 saturated carbocycles. The molecule has 0 aromatic heterocycles. The number of nitrogens with two attached hydrogens (primary N) is 1. The molecule has 5 heteroatoms. The molecule has 0 bridgehead atoms. The predicted octanol–water partition coefficient (Wildman–Crippen LogP) is 2.04. The molecule has 1 aromatic rings. The molecule has 17 heavy (non-hydrogen) atoms. The summed E-state index contributed by atoms with van der Waals surface area (Å²) in [6.45, 7) is 3.40.